The SMILES string of the molecule is CCNC(=NCC(C)(O)c1ccco1)NCCc1ccccc1OC. The largest absolute Gasteiger partial charge is 0.496 e. The summed E-state index contributed by atoms with van der Waals surface area (Å²) in [5.41, 5.74) is -0.00922. The monoisotopic (exact) mass is 345 g/mol. The summed E-state index contributed by atoms with van der Waals surface area (Å²) in [6, 6.07) is 11.5. The number of para-hydroxylation sites is 1. The number of nitrogens with zero attached hydrogens (tertiary/aromatic N) is 1. The Labute approximate surface area is 148 Å². The van der Waals surface area contributed by atoms with E-state index in [4.69, 9.17) is 9.15 Å². The highest BCUT2D eigenvalue weighted by Crippen LogP contribution is 2.21. The fourth-order valence-electron chi connectivity index (χ4n) is 2.46. The van der Waals surface area contributed by atoms with Crippen LogP contribution in [0.2, 0.25) is 0 Å². The Balaban J connectivity index is 1.93. The lowest BCUT2D eigenvalue weighted by Gasteiger charge is -2.19. The first-order valence-electron chi connectivity index (χ1n) is 8.47. The van der Waals surface area contributed by atoms with Gasteiger partial charge in [-0.3, -0.25) is 0 Å². The molecule has 25 heavy (non-hydrogen) atoms. The molecule has 1 atom stereocenters. The fourth-order valence-corrected chi connectivity index (χ4v) is 2.46. The minimum Gasteiger partial charge on any atom is -0.496 e. The summed E-state index contributed by atoms with van der Waals surface area (Å²) in [5.74, 6) is 2.04. The van der Waals surface area contributed by atoms with Gasteiger partial charge in [-0.2, -0.15) is 0 Å². The fraction of sp³-hybridized carbons (Fsp3) is 0.421. The van der Waals surface area contributed by atoms with Crippen LogP contribution < -0.4 is 15.4 Å². The van der Waals surface area contributed by atoms with Crippen LogP contribution in [0.25, 0.3) is 0 Å². The van der Waals surface area contributed by atoms with Crippen molar-refractivity contribution in [2.24, 2.45) is 4.99 Å². The van der Waals surface area contributed by atoms with Crippen LogP contribution in [0.1, 0.15) is 25.2 Å². The topological polar surface area (TPSA) is 79.0 Å². The second kappa shape index (κ2) is 9.13. The van der Waals surface area contributed by atoms with Crippen molar-refractivity contribution >= 4 is 5.96 Å². The molecule has 0 bridgehead atoms. The van der Waals surface area contributed by atoms with Crippen molar-refractivity contribution in [3.8, 4) is 5.75 Å². The first-order chi connectivity index (χ1) is 12.1. The molecule has 0 aliphatic carbocycles. The molecule has 0 aliphatic rings. The van der Waals surface area contributed by atoms with Crippen molar-refractivity contribution in [1.29, 1.82) is 0 Å². The van der Waals surface area contributed by atoms with Crippen LogP contribution >= 0.6 is 0 Å². The second-order valence-corrected chi connectivity index (χ2v) is 5.93. The van der Waals surface area contributed by atoms with Gasteiger partial charge in [0.25, 0.3) is 0 Å². The highest BCUT2D eigenvalue weighted by Gasteiger charge is 2.26. The van der Waals surface area contributed by atoms with Gasteiger partial charge in [0.15, 0.2) is 5.96 Å². The summed E-state index contributed by atoms with van der Waals surface area (Å²) in [6.45, 7) is 5.33. The number of nitrogens with one attached hydrogen (secondary N) is 2. The third-order valence-corrected chi connectivity index (χ3v) is 3.82. The quantitative estimate of drug-likeness (QED) is 0.505. The van der Waals surface area contributed by atoms with E-state index in [1.54, 1.807) is 32.4 Å². The van der Waals surface area contributed by atoms with Gasteiger partial charge in [-0.1, -0.05) is 18.2 Å². The lowest BCUT2D eigenvalue weighted by molar-refractivity contribution is 0.0437. The first-order valence-corrected chi connectivity index (χ1v) is 8.47. The molecule has 0 saturated heterocycles. The molecule has 0 amide bonds. The van der Waals surface area contributed by atoms with Crippen molar-refractivity contribution in [2.75, 3.05) is 26.7 Å². The predicted molar refractivity (Wildman–Crippen MR) is 99.0 cm³/mol. The average molecular weight is 345 g/mol. The maximum atomic E-state index is 10.5. The van der Waals surface area contributed by atoms with Gasteiger partial charge in [0.2, 0.25) is 0 Å². The predicted octanol–water partition coefficient (Wildman–Crippen LogP) is 2.29. The van der Waals surface area contributed by atoms with Crippen LogP contribution in [0.3, 0.4) is 0 Å². The van der Waals surface area contributed by atoms with Crippen LogP contribution in [0.5, 0.6) is 5.75 Å². The zero-order chi connectivity index (χ0) is 18.1. The summed E-state index contributed by atoms with van der Waals surface area (Å²) >= 11 is 0. The Kier molecular flexibility index (Phi) is 6.89. The van der Waals surface area contributed by atoms with Crippen LogP contribution in [-0.4, -0.2) is 37.8 Å². The molecule has 0 spiro atoms. The van der Waals surface area contributed by atoms with E-state index in [1.807, 2.05) is 31.2 Å². The number of hydrogen-bond acceptors (Lipinski definition) is 4. The summed E-state index contributed by atoms with van der Waals surface area (Å²) in [5, 5.41) is 17.0. The standard InChI is InChI=1S/C19H27N3O3/c1-4-20-18(22-14-19(2,23)17-10-7-13-25-17)21-12-11-15-8-5-6-9-16(15)24-3/h5-10,13,23H,4,11-12,14H2,1-3H3,(H2,20,21,22). The van der Waals surface area contributed by atoms with E-state index in [1.165, 1.54) is 0 Å². The normalized spacial score (nSPS) is 14.0. The summed E-state index contributed by atoms with van der Waals surface area (Å²) in [7, 11) is 1.68. The molecule has 6 nitrogen and oxygen atoms in total. The molecule has 1 unspecified atom stereocenters. The Hall–Kier alpha value is -2.47. The first kappa shape index (κ1) is 18.9. The maximum Gasteiger partial charge on any atom is 0.191 e. The molecule has 3 N–H and O–H groups in total. The summed E-state index contributed by atoms with van der Waals surface area (Å²) in [6.07, 6.45) is 2.35. The van der Waals surface area contributed by atoms with Gasteiger partial charge < -0.3 is 24.9 Å². The molecule has 1 heterocycles. The maximum absolute atomic E-state index is 10.5. The van der Waals surface area contributed by atoms with E-state index in [0.717, 1.165) is 24.3 Å². The molecule has 0 radical (unpaired) electrons. The van der Waals surface area contributed by atoms with E-state index < -0.39 is 5.60 Å². The molecular formula is C19H27N3O3. The molecule has 1 aromatic carbocycles. The summed E-state index contributed by atoms with van der Waals surface area (Å²) < 4.78 is 10.6. The van der Waals surface area contributed by atoms with E-state index in [0.29, 0.717) is 18.3 Å². The van der Waals surface area contributed by atoms with E-state index in [9.17, 15) is 5.11 Å². The van der Waals surface area contributed by atoms with Crippen molar-refractivity contribution in [3.05, 3.63) is 54.0 Å². The van der Waals surface area contributed by atoms with Crippen LogP contribution in [-0.2, 0) is 12.0 Å². The van der Waals surface area contributed by atoms with Gasteiger partial charge in [-0.15, -0.1) is 0 Å². The van der Waals surface area contributed by atoms with Crippen LogP contribution in [0.15, 0.2) is 52.1 Å². The van der Waals surface area contributed by atoms with Gasteiger partial charge in [-0.05, 0) is 44.0 Å². The Morgan fingerprint density at radius 3 is 2.72 bits per heavy atom. The lowest BCUT2D eigenvalue weighted by atomic mass is 10.0. The molecule has 2 aromatic rings. The van der Waals surface area contributed by atoms with Gasteiger partial charge in [0, 0.05) is 13.1 Å². The number of benzene rings is 1. The van der Waals surface area contributed by atoms with Crippen molar-refractivity contribution in [3.63, 3.8) is 0 Å². The molecule has 6 heteroatoms. The average Bonchev–Trinajstić information content (AvgIpc) is 3.16. The Morgan fingerprint density at radius 1 is 1.24 bits per heavy atom. The van der Waals surface area contributed by atoms with Crippen molar-refractivity contribution in [2.45, 2.75) is 25.9 Å². The number of aliphatic hydroxyl groups is 1. The Morgan fingerprint density at radius 2 is 2.04 bits per heavy atom. The molecule has 0 fully saturated rings. The van der Waals surface area contributed by atoms with E-state index in [2.05, 4.69) is 15.6 Å². The number of furan rings is 1. The second-order valence-electron chi connectivity index (χ2n) is 5.93. The summed E-state index contributed by atoms with van der Waals surface area (Å²) in [4.78, 5) is 4.47. The van der Waals surface area contributed by atoms with Crippen LogP contribution in [0, 0.1) is 0 Å². The lowest BCUT2D eigenvalue weighted by Crippen LogP contribution is -2.39. The highest BCUT2D eigenvalue weighted by atomic mass is 16.5. The smallest absolute Gasteiger partial charge is 0.191 e. The van der Waals surface area contributed by atoms with Crippen molar-refractivity contribution < 1.29 is 14.3 Å². The van der Waals surface area contributed by atoms with E-state index >= 15 is 0 Å². The number of rotatable bonds is 8. The third kappa shape index (κ3) is 5.53. The minimum atomic E-state index is -1.14. The van der Waals surface area contributed by atoms with Crippen LogP contribution in [0.4, 0.5) is 0 Å². The molecule has 1 aromatic heterocycles. The number of hydrogen-bond donors (Lipinski definition) is 3. The number of ether oxygens (including phenoxy) is 1. The van der Waals surface area contributed by atoms with Gasteiger partial charge in [0.1, 0.15) is 17.1 Å². The number of guanidine groups is 1. The third-order valence-electron chi connectivity index (χ3n) is 3.82. The molecule has 2 rings (SSSR count). The highest BCUT2D eigenvalue weighted by molar-refractivity contribution is 5.79. The van der Waals surface area contributed by atoms with Crippen molar-refractivity contribution in [1.82, 2.24) is 10.6 Å². The molecule has 136 valence electrons. The zero-order valence-electron chi connectivity index (χ0n) is 15.1. The van der Waals surface area contributed by atoms with E-state index in [-0.39, 0.29) is 6.54 Å². The zero-order valence-corrected chi connectivity index (χ0v) is 15.1. The Bertz CT molecular complexity index is 666. The molecule has 0 aliphatic heterocycles. The van der Waals surface area contributed by atoms with Gasteiger partial charge in [-0.25, -0.2) is 4.99 Å². The molecular weight excluding hydrogens is 318 g/mol. The van der Waals surface area contributed by atoms with Gasteiger partial charge >= 0.3 is 0 Å². The minimum absolute atomic E-state index is 0.199. The number of aliphatic imine (C=N–C) groups is 1. The number of methoxy groups -OCH3 is 1. The molecule has 0 saturated carbocycles. The van der Waals surface area contributed by atoms with Gasteiger partial charge in [0.05, 0.1) is 19.9 Å².